The summed E-state index contributed by atoms with van der Waals surface area (Å²) in [6.45, 7) is 3.91. The molecule has 6 rings (SSSR count). The number of carbonyl (C=O) groups is 3. The van der Waals surface area contributed by atoms with Crippen LogP contribution in [0.2, 0.25) is 5.02 Å². The van der Waals surface area contributed by atoms with Gasteiger partial charge in [-0.25, -0.2) is 0 Å². The fourth-order valence-electron chi connectivity index (χ4n) is 6.47. The quantitative estimate of drug-likeness (QED) is 0.320. The summed E-state index contributed by atoms with van der Waals surface area (Å²) in [6, 6.07) is 2.64. The van der Waals surface area contributed by atoms with Crippen LogP contribution in [0.4, 0.5) is 24.5 Å². The molecule has 0 saturated carbocycles. The minimum Gasteiger partial charge on any atom is -0.378 e. The molecule has 2 N–H and O–H groups in total. The molecule has 2 aromatic heterocycles. The van der Waals surface area contributed by atoms with Crippen LogP contribution in [0.5, 0.6) is 0 Å². The maximum absolute atomic E-state index is 14.1. The molecule has 5 heterocycles. The number of aromatic nitrogens is 4. The Morgan fingerprint density at radius 2 is 1.88 bits per heavy atom. The van der Waals surface area contributed by atoms with Crippen LogP contribution in [0.3, 0.4) is 0 Å². The van der Waals surface area contributed by atoms with Crippen molar-refractivity contribution in [3.8, 4) is 0 Å². The monoisotopic (exact) mass is 734 g/mol. The Balaban J connectivity index is 1.24. The summed E-state index contributed by atoms with van der Waals surface area (Å²) in [5.41, 5.74) is 0.151. The lowest BCUT2D eigenvalue weighted by Gasteiger charge is -2.36. The number of hydrogen-bond acceptors (Lipinski definition) is 9. The number of rotatable bonds is 10. The normalized spacial score (nSPS) is 18.2. The van der Waals surface area contributed by atoms with Crippen molar-refractivity contribution in [2.24, 2.45) is 0 Å². The Hall–Kier alpha value is -4.48. The zero-order chi connectivity index (χ0) is 36.3. The average Bonchev–Trinajstić information content (AvgIpc) is 3.80. The fraction of sp³-hybridized carbons (Fsp3) is 0.515. The number of nitrogens with zero attached hydrogens (tertiary/aromatic N) is 6. The van der Waals surface area contributed by atoms with Crippen LogP contribution in [0.1, 0.15) is 49.7 Å². The van der Waals surface area contributed by atoms with E-state index in [1.54, 1.807) is 9.47 Å². The second-order valence-corrected chi connectivity index (χ2v) is 12.9. The molecule has 3 amide bonds. The first-order chi connectivity index (χ1) is 24.4. The molecular formula is C33H38ClF3N8O6. The Morgan fingerprint density at radius 1 is 1.10 bits per heavy atom. The number of amides is 3. The van der Waals surface area contributed by atoms with Gasteiger partial charge in [0.15, 0.2) is 5.82 Å². The lowest BCUT2D eigenvalue weighted by atomic mass is 10.1. The van der Waals surface area contributed by atoms with Crippen LogP contribution in [0, 0.1) is 0 Å². The van der Waals surface area contributed by atoms with Crippen LogP contribution in [0.25, 0.3) is 11.4 Å². The van der Waals surface area contributed by atoms with E-state index in [0.717, 1.165) is 41.1 Å². The molecular weight excluding hydrogens is 697 g/mol. The summed E-state index contributed by atoms with van der Waals surface area (Å²) < 4.78 is 53.2. The molecule has 18 heteroatoms. The number of anilines is 2. The van der Waals surface area contributed by atoms with Gasteiger partial charge in [-0.3, -0.25) is 19.2 Å². The maximum Gasteiger partial charge on any atom is 0.416 e. The SMILES string of the molecule is CCc1c(N2CCN(C(=O)CNC(=O)CC3CCCO3)CC2)c(=O)n2nc(C3=CCOCC3)nc2n1CC(=O)Nc1ccc(C(F)(F)F)cc1Cl. The van der Waals surface area contributed by atoms with Gasteiger partial charge in [-0.15, -0.1) is 5.10 Å². The largest absolute Gasteiger partial charge is 0.416 e. The highest BCUT2D eigenvalue weighted by Crippen LogP contribution is 2.34. The summed E-state index contributed by atoms with van der Waals surface area (Å²) in [5, 5.41) is 9.50. The highest BCUT2D eigenvalue weighted by atomic mass is 35.5. The minimum absolute atomic E-state index is 0.0108. The zero-order valence-corrected chi connectivity index (χ0v) is 28.7. The van der Waals surface area contributed by atoms with Gasteiger partial charge in [0.05, 0.1) is 54.3 Å². The lowest BCUT2D eigenvalue weighted by Crippen LogP contribution is -2.52. The molecule has 0 spiro atoms. The van der Waals surface area contributed by atoms with E-state index in [1.807, 2.05) is 17.9 Å². The van der Waals surface area contributed by atoms with Crippen molar-refractivity contribution in [3.63, 3.8) is 0 Å². The van der Waals surface area contributed by atoms with E-state index in [-0.39, 0.29) is 67.0 Å². The first kappa shape index (κ1) is 36.3. The third-order valence-corrected chi connectivity index (χ3v) is 9.42. The first-order valence-corrected chi connectivity index (χ1v) is 17.2. The Kier molecular flexibility index (Phi) is 11.0. The van der Waals surface area contributed by atoms with E-state index < -0.39 is 23.2 Å². The van der Waals surface area contributed by atoms with E-state index >= 15 is 0 Å². The molecule has 3 aliphatic heterocycles. The molecule has 14 nitrogen and oxygen atoms in total. The predicted octanol–water partition coefficient (Wildman–Crippen LogP) is 2.90. The molecule has 2 fully saturated rings. The number of benzene rings is 1. The molecule has 0 aliphatic carbocycles. The lowest BCUT2D eigenvalue weighted by molar-refractivity contribution is -0.137. The summed E-state index contributed by atoms with van der Waals surface area (Å²) in [7, 11) is 0. The number of piperazine rings is 1. The van der Waals surface area contributed by atoms with E-state index in [4.69, 9.17) is 21.1 Å². The van der Waals surface area contributed by atoms with Gasteiger partial charge in [0, 0.05) is 32.8 Å². The summed E-state index contributed by atoms with van der Waals surface area (Å²) in [6.07, 6.45) is -0.131. The van der Waals surface area contributed by atoms with Gasteiger partial charge in [0.2, 0.25) is 23.5 Å². The molecule has 51 heavy (non-hydrogen) atoms. The molecule has 274 valence electrons. The Bertz CT molecular complexity index is 1900. The number of fused-ring (bicyclic) bond motifs is 1. The smallest absolute Gasteiger partial charge is 0.378 e. The van der Waals surface area contributed by atoms with Crippen molar-refractivity contribution in [1.82, 2.24) is 29.4 Å². The molecule has 1 atom stereocenters. The highest BCUT2D eigenvalue weighted by Gasteiger charge is 2.32. The number of hydrogen-bond donors (Lipinski definition) is 2. The van der Waals surface area contributed by atoms with Gasteiger partial charge in [-0.1, -0.05) is 24.6 Å². The number of ether oxygens (including phenoxy) is 2. The Labute approximate surface area is 295 Å². The van der Waals surface area contributed by atoms with Crippen molar-refractivity contribution in [1.29, 1.82) is 0 Å². The van der Waals surface area contributed by atoms with E-state index in [0.29, 0.717) is 63.0 Å². The highest BCUT2D eigenvalue weighted by molar-refractivity contribution is 6.33. The first-order valence-electron chi connectivity index (χ1n) is 16.8. The van der Waals surface area contributed by atoms with Crippen LogP contribution in [-0.2, 0) is 43.0 Å². The molecule has 3 aromatic rings. The van der Waals surface area contributed by atoms with Crippen LogP contribution < -0.4 is 21.1 Å². The number of nitrogens with one attached hydrogen (secondary N) is 2. The molecule has 0 bridgehead atoms. The number of halogens is 4. The van der Waals surface area contributed by atoms with Crippen molar-refractivity contribution >= 4 is 52.0 Å². The van der Waals surface area contributed by atoms with Gasteiger partial charge in [0.25, 0.3) is 5.56 Å². The molecule has 2 saturated heterocycles. The summed E-state index contributed by atoms with van der Waals surface area (Å²) in [4.78, 5) is 61.0. The number of carbonyl (C=O) groups excluding carboxylic acids is 3. The van der Waals surface area contributed by atoms with E-state index in [9.17, 15) is 32.3 Å². The standard InChI is InChI=1S/C33H38ClF3N8O6/c1-2-25-29(43-11-9-42(10-12-43)28(48)18-38-26(46)17-22-4-3-13-51-22)31(49)45-32(40-30(41-45)20-7-14-50-15-8-20)44(25)19-27(47)39-24-6-5-21(16-23(24)34)33(35,36)37/h5-7,16,22H,2-4,8-15,17-19H2,1H3,(H,38,46)(H,39,47). The Morgan fingerprint density at radius 3 is 2.53 bits per heavy atom. The summed E-state index contributed by atoms with van der Waals surface area (Å²) in [5.74, 6) is -0.683. The van der Waals surface area contributed by atoms with Crippen molar-refractivity contribution in [2.75, 3.05) is 62.8 Å². The van der Waals surface area contributed by atoms with Crippen molar-refractivity contribution < 1.29 is 37.0 Å². The van der Waals surface area contributed by atoms with Gasteiger partial charge in [-0.05, 0) is 49.5 Å². The second-order valence-electron chi connectivity index (χ2n) is 12.5. The third kappa shape index (κ3) is 8.20. The molecule has 1 unspecified atom stereocenters. The number of alkyl halides is 3. The third-order valence-electron chi connectivity index (χ3n) is 9.11. The molecule has 1 aromatic carbocycles. The van der Waals surface area contributed by atoms with Crippen LogP contribution >= 0.6 is 11.6 Å². The topological polar surface area (TPSA) is 152 Å². The minimum atomic E-state index is -4.61. The van der Waals surface area contributed by atoms with Gasteiger partial charge < -0.3 is 34.5 Å². The second kappa shape index (κ2) is 15.4. The van der Waals surface area contributed by atoms with E-state index in [2.05, 4.69) is 20.7 Å². The average molecular weight is 735 g/mol. The van der Waals surface area contributed by atoms with Crippen LogP contribution in [0.15, 0.2) is 29.1 Å². The molecule has 0 radical (unpaired) electrons. The molecule has 3 aliphatic rings. The van der Waals surface area contributed by atoms with Gasteiger partial charge in [-0.2, -0.15) is 22.7 Å². The van der Waals surface area contributed by atoms with Gasteiger partial charge in [0.1, 0.15) is 12.2 Å². The zero-order valence-electron chi connectivity index (χ0n) is 27.9. The van der Waals surface area contributed by atoms with Crippen LogP contribution in [-0.4, -0.2) is 100 Å². The van der Waals surface area contributed by atoms with Gasteiger partial charge >= 0.3 is 6.18 Å². The maximum atomic E-state index is 14.1. The predicted molar refractivity (Wildman–Crippen MR) is 181 cm³/mol. The van der Waals surface area contributed by atoms with Crippen molar-refractivity contribution in [3.05, 3.63) is 56.7 Å². The van der Waals surface area contributed by atoms with E-state index in [1.165, 1.54) is 0 Å². The van der Waals surface area contributed by atoms with Crippen molar-refractivity contribution in [2.45, 2.75) is 57.9 Å². The fourth-order valence-corrected chi connectivity index (χ4v) is 6.70. The summed E-state index contributed by atoms with van der Waals surface area (Å²) >= 11 is 6.11.